The molecule has 21 heavy (non-hydrogen) atoms. The lowest BCUT2D eigenvalue weighted by molar-refractivity contribution is -0.113. The SMILES string of the molecule is C=C(/C=C(\Nc1cccc(CNC)c1)C(C)=O)C(F)(F)F. The standard InChI is InChI=1S/C15H17F3N2O/c1-10(15(16,17)18)7-14(11(2)21)20-13-6-4-5-12(8-13)9-19-3/h4-8,19-20H,1,9H2,2-3H3/b14-7-. The first-order valence-corrected chi connectivity index (χ1v) is 6.23. The summed E-state index contributed by atoms with van der Waals surface area (Å²) in [5.41, 5.74) is 0.254. The summed E-state index contributed by atoms with van der Waals surface area (Å²) < 4.78 is 37.5. The average Bonchev–Trinajstić information content (AvgIpc) is 2.37. The molecule has 0 aliphatic heterocycles. The number of carbonyl (C=O) groups is 1. The first-order chi connectivity index (χ1) is 9.74. The Labute approximate surface area is 121 Å². The van der Waals surface area contributed by atoms with Gasteiger partial charge in [-0.3, -0.25) is 4.79 Å². The molecule has 0 saturated carbocycles. The second kappa shape index (κ2) is 7.08. The van der Waals surface area contributed by atoms with Gasteiger partial charge in [0.2, 0.25) is 0 Å². The van der Waals surface area contributed by atoms with Crippen LogP contribution in [0, 0.1) is 0 Å². The molecule has 0 aliphatic carbocycles. The van der Waals surface area contributed by atoms with Gasteiger partial charge in [-0.1, -0.05) is 18.7 Å². The van der Waals surface area contributed by atoms with Gasteiger partial charge in [-0.25, -0.2) is 0 Å². The second-order valence-electron chi connectivity index (χ2n) is 4.49. The van der Waals surface area contributed by atoms with Crippen LogP contribution in [0.3, 0.4) is 0 Å². The topological polar surface area (TPSA) is 41.1 Å². The summed E-state index contributed by atoms with van der Waals surface area (Å²) >= 11 is 0. The molecule has 0 fully saturated rings. The van der Waals surface area contributed by atoms with Crippen molar-refractivity contribution >= 4 is 11.5 Å². The third-order valence-electron chi connectivity index (χ3n) is 2.65. The van der Waals surface area contributed by atoms with E-state index in [1.54, 1.807) is 25.2 Å². The number of nitrogens with one attached hydrogen (secondary N) is 2. The van der Waals surface area contributed by atoms with Crippen molar-refractivity contribution in [2.45, 2.75) is 19.6 Å². The molecule has 0 atom stereocenters. The van der Waals surface area contributed by atoms with E-state index in [2.05, 4.69) is 17.2 Å². The van der Waals surface area contributed by atoms with E-state index in [9.17, 15) is 18.0 Å². The normalized spacial score (nSPS) is 12.1. The number of Topliss-reactive ketones (excluding diaryl/α,β-unsaturated/α-hetero) is 1. The molecule has 3 nitrogen and oxygen atoms in total. The number of hydrogen-bond acceptors (Lipinski definition) is 3. The van der Waals surface area contributed by atoms with E-state index in [4.69, 9.17) is 0 Å². The minimum absolute atomic E-state index is 0.154. The molecular weight excluding hydrogens is 281 g/mol. The summed E-state index contributed by atoms with van der Waals surface area (Å²) in [6.45, 7) is 4.74. The second-order valence-corrected chi connectivity index (χ2v) is 4.49. The molecule has 0 unspecified atom stereocenters. The minimum atomic E-state index is -4.56. The van der Waals surface area contributed by atoms with E-state index in [0.717, 1.165) is 5.56 Å². The van der Waals surface area contributed by atoms with Gasteiger partial charge in [0.1, 0.15) is 0 Å². The number of anilines is 1. The van der Waals surface area contributed by atoms with Crippen LogP contribution in [-0.2, 0) is 11.3 Å². The fraction of sp³-hybridized carbons (Fsp3) is 0.267. The van der Waals surface area contributed by atoms with Crippen LogP contribution in [0.4, 0.5) is 18.9 Å². The smallest absolute Gasteiger partial charge is 0.353 e. The minimum Gasteiger partial charge on any atom is -0.353 e. The molecule has 0 heterocycles. The van der Waals surface area contributed by atoms with Gasteiger partial charge in [-0.15, -0.1) is 0 Å². The maximum Gasteiger partial charge on any atom is 0.415 e. The Morgan fingerprint density at radius 1 is 1.38 bits per heavy atom. The monoisotopic (exact) mass is 298 g/mol. The van der Waals surface area contributed by atoms with E-state index in [1.165, 1.54) is 6.92 Å². The van der Waals surface area contributed by atoms with Crippen LogP contribution in [0.5, 0.6) is 0 Å². The maximum atomic E-state index is 12.5. The molecule has 0 spiro atoms. The van der Waals surface area contributed by atoms with E-state index in [1.807, 2.05) is 6.07 Å². The van der Waals surface area contributed by atoms with Crippen molar-refractivity contribution in [3.05, 3.63) is 53.8 Å². The van der Waals surface area contributed by atoms with Crippen molar-refractivity contribution < 1.29 is 18.0 Å². The zero-order valence-corrected chi connectivity index (χ0v) is 11.8. The van der Waals surface area contributed by atoms with Crippen LogP contribution in [0.1, 0.15) is 12.5 Å². The Morgan fingerprint density at radius 3 is 2.57 bits per heavy atom. The molecule has 1 aromatic carbocycles. The van der Waals surface area contributed by atoms with Crippen LogP contribution in [-0.4, -0.2) is 19.0 Å². The molecule has 0 aromatic heterocycles. The van der Waals surface area contributed by atoms with Gasteiger partial charge in [0.25, 0.3) is 0 Å². The summed E-state index contributed by atoms with van der Waals surface area (Å²) in [4.78, 5) is 11.5. The molecule has 0 bridgehead atoms. The van der Waals surface area contributed by atoms with Crippen molar-refractivity contribution in [1.29, 1.82) is 0 Å². The Bertz CT molecular complexity index is 562. The summed E-state index contributed by atoms with van der Waals surface area (Å²) in [5.74, 6) is -0.501. The number of carbonyl (C=O) groups excluding carboxylic acids is 1. The van der Waals surface area contributed by atoms with Crippen molar-refractivity contribution in [2.75, 3.05) is 12.4 Å². The first-order valence-electron chi connectivity index (χ1n) is 6.23. The van der Waals surface area contributed by atoms with Crippen molar-refractivity contribution in [3.63, 3.8) is 0 Å². The Hall–Kier alpha value is -2.08. The van der Waals surface area contributed by atoms with Gasteiger partial charge in [0.15, 0.2) is 5.78 Å². The van der Waals surface area contributed by atoms with Crippen molar-refractivity contribution in [2.24, 2.45) is 0 Å². The van der Waals surface area contributed by atoms with Gasteiger partial charge < -0.3 is 10.6 Å². The molecule has 1 aromatic rings. The Morgan fingerprint density at radius 2 is 2.05 bits per heavy atom. The van der Waals surface area contributed by atoms with Crippen LogP contribution >= 0.6 is 0 Å². The molecule has 0 saturated heterocycles. The Balaban J connectivity index is 2.99. The van der Waals surface area contributed by atoms with E-state index in [0.29, 0.717) is 18.3 Å². The molecule has 114 valence electrons. The highest BCUT2D eigenvalue weighted by Crippen LogP contribution is 2.26. The number of hydrogen-bond donors (Lipinski definition) is 2. The number of ketones is 1. The highest BCUT2D eigenvalue weighted by atomic mass is 19.4. The van der Waals surface area contributed by atoms with Crippen LogP contribution in [0.15, 0.2) is 48.2 Å². The lowest BCUT2D eigenvalue weighted by Gasteiger charge is -2.12. The quantitative estimate of drug-likeness (QED) is 0.624. The van der Waals surface area contributed by atoms with E-state index >= 15 is 0 Å². The highest BCUT2D eigenvalue weighted by Gasteiger charge is 2.30. The molecule has 0 aliphatic rings. The average molecular weight is 298 g/mol. The third-order valence-corrected chi connectivity index (χ3v) is 2.65. The predicted molar refractivity (Wildman–Crippen MR) is 76.8 cm³/mol. The summed E-state index contributed by atoms with van der Waals surface area (Å²) in [6, 6.07) is 7.05. The molecule has 6 heteroatoms. The fourth-order valence-electron chi connectivity index (χ4n) is 1.60. The summed E-state index contributed by atoms with van der Waals surface area (Å²) in [5, 5.41) is 5.67. The van der Waals surface area contributed by atoms with Gasteiger partial charge >= 0.3 is 6.18 Å². The zero-order chi connectivity index (χ0) is 16.0. The molecule has 1 rings (SSSR count). The number of halogens is 3. The largest absolute Gasteiger partial charge is 0.415 e. The lowest BCUT2D eigenvalue weighted by atomic mass is 10.1. The van der Waals surface area contributed by atoms with E-state index < -0.39 is 17.5 Å². The number of alkyl halides is 3. The van der Waals surface area contributed by atoms with Crippen LogP contribution < -0.4 is 10.6 Å². The van der Waals surface area contributed by atoms with Crippen LogP contribution in [0.2, 0.25) is 0 Å². The number of rotatable bonds is 6. The van der Waals surface area contributed by atoms with E-state index in [-0.39, 0.29) is 5.70 Å². The molecule has 0 radical (unpaired) electrons. The van der Waals surface area contributed by atoms with Crippen LogP contribution in [0.25, 0.3) is 0 Å². The maximum absolute atomic E-state index is 12.5. The third kappa shape index (κ3) is 5.43. The zero-order valence-electron chi connectivity index (χ0n) is 11.8. The van der Waals surface area contributed by atoms with Gasteiger partial charge in [0, 0.05) is 19.2 Å². The molecular formula is C15H17F3N2O. The lowest BCUT2D eigenvalue weighted by Crippen LogP contribution is -2.14. The van der Waals surface area contributed by atoms with Gasteiger partial charge in [-0.05, 0) is 30.8 Å². The fourth-order valence-corrected chi connectivity index (χ4v) is 1.60. The highest BCUT2D eigenvalue weighted by molar-refractivity contribution is 5.96. The molecule has 2 N–H and O–H groups in total. The first kappa shape index (κ1) is 17.0. The summed E-state index contributed by atoms with van der Waals surface area (Å²) in [6.07, 6.45) is -3.84. The van der Waals surface area contributed by atoms with Crippen molar-refractivity contribution in [3.8, 4) is 0 Å². The molecule has 0 amide bonds. The number of benzene rings is 1. The van der Waals surface area contributed by atoms with Gasteiger partial charge in [0.05, 0.1) is 11.3 Å². The van der Waals surface area contributed by atoms with Gasteiger partial charge in [-0.2, -0.15) is 13.2 Å². The Kier molecular flexibility index (Phi) is 5.72. The predicted octanol–water partition coefficient (Wildman–Crippen LogP) is 3.41. The number of allylic oxidation sites excluding steroid dienone is 3. The van der Waals surface area contributed by atoms with Crippen molar-refractivity contribution in [1.82, 2.24) is 5.32 Å². The summed E-state index contributed by atoms with van der Waals surface area (Å²) in [7, 11) is 1.79.